The van der Waals surface area contributed by atoms with Gasteiger partial charge in [0.1, 0.15) is 17.1 Å². The number of ether oxygens (including phenoxy) is 1. The molecule has 0 fully saturated rings. The lowest BCUT2D eigenvalue weighted by atomic mass is 9.67. The Morgan fingerprint density at radius 1 is 1.08 bits per heavy atom. The van der Waals surface area contributed by atoms with Crippen molar-refractivity contribution >= 4 is 5.78 Å². The fourth-order valence-corrected chi connectivity index (χ4v) is 5.53. The van der Waals surface area contributed by atoms with E-state index in [0.29, 0.717) is 41.5 Å². The molecule has 5 nitrogen and oxygen atoms in total. The van der Waals surface area contributed by atoms with Gasteiger partial charge in [0, 0.05) is 25.0 Å². The van der Waals surface area contributed by atoms with E-state index in [9.17, 15) is 20.1 Å². The van der Waals surface area contributed by atoms with Crippen LogP contribution in [0.5, 0.6) is 11.5 Å². The van der Waals surface area contributed by atoms with Gasteiger partial charge in [-0.2, -0.15) is 0 Å². The van der Waals surface area contributed by atoms with Crippen molar-refractivity contribution in [2.75, 3.05) is 7.11 Å². The van der Waals surface area contributed by atoms with Crippen molar-refractivity contribution in [1.82, 2.24) is 0 Å². The van der Waals surface area contributed by atoms with Gasteiger partial charge in [0.05, 0.1) is 11.7 Å². The summed E-state index contributed by atoms with van der Waals surface area (Å²) in [7, 11) is 1.61. The average Bonchev–Trinajstić information content (AvgIpc) is 2.88. The first kappa shape index (κ1) is 15.9. The number of hydrogen-bond donors (Lipinski definition) is 3. The first-order chi connectivity index (χ1) is 12.5. The standard InChI is InChI=1S/C21H20O5/c1-26-17-9-13-10-5-7-15(23)20-16(24)8-6-12(18(10)20)21(13,25)11-3-2-4-14(22)19(11)17/h2-4,6,8,10,13,17,22,24-25H,5,7,9H2,1H3/t10-,13-,17-,21+/m0/s1. The number of aromatic hydroxyl groups is 2. The van der Waals surface area contributed by atoms with Crippen LogP contribution < -0.4 is 0 Å². The highest BCUT2D eigenvalue weighted by Crippen LogP contribution is 2.64. The predicted molar refractivity (Wildman–Crippen MR) is 93.4 cm³/mol. The number of carbonyl (C=O) groups is 1. The minimum absolute atomic E-state index is 0.0112. The van der Waals surface area contributed by atoms with Crippen molar-refractivity contribution in [2.45, 2.75) is 36.9 Å². The number of methoxy groups -OCH3 is 1. The van der Waals surface area contributed by atoms with E-state index in [1.807, 2.05) is 6.07 Å². The number of ketones is 1. The molecule has 0 aromatic heterocycles. The van der Waals surface area contributed by atoms with Crippen LogP contribution in [0.1, 0.15) is 63.9 Å². The highest BCUT2D eigenvalue weighted by molar-refractivity contribution is 6.02. The summed E-state index contributed by atoms with van der Waals surface area (Å²) in [4.78, 5) is 12.5. The maximum Gasteiger partial charge on any atom is 0.166 e. The van der Waals surface area contributed by atoms with Crippen LogP contribution in [0, 0.1) is 5.92 Å². The zero-order chi connectivity index (χ0) is 18.2. The fraction of sp³-hybridized carbons (Fsp3) is 0.381. The molecule has 3 aliphatic rings. The van der Waals surface area contributed by atoms with Crippen LogP contribution >= 0.6 is 0 Å². The zero-order valence-electron chi connectivity index (χ0n) is 14.4. The number of aliphatic hydroxyl groups is 1. The third-order valence-corrected chi connectivity index (χ3v) is 6.56. The summed E-state index contributed by atoms with van der Waals surface area (Å²) >= 11 is 0. The lowest BCUT2D eigenvalue weighted by molar-refractivity contribution is -0.0377. The molecule has 4 atom stereocenters. The van der Waals surface area contributed by atoms with Gasteiger partial charge in [0.15, 0.2) is 5.78 Å². The van der Waals surface area contributed by atoms with Crippen LogP contribution in [0.3, 0.4) is 0 Å². The Labute approximate surface area is 150 Å². The quantitative estimate of drug-likeness (QED) is 0.734. The van der Waals surface area contributed by atoms with E-state index in [1.165, 1.54) is 6.07 Å². The summed E-state index contributed by atoms with van der Waals surface area (Å²) in [6.07, 6.45) is 1.25. The molecule has 0 bridgehead atoms. The second-order valence-electron chi connectivity index (χ2n) is 7.56. The van der Waals surface area contributed by atoms with Gasteiger partial charge in [-0.1, -0.05) is 18.2 Å². The molecule has 0 saturated heterocycles. The SMILES string of the molecule is CO[C@H]1C[C@H]2[C@@H]3CCC(=O)c4c(O)ccc(c43)[C@]2(O)c2cccc(O)c21. The number of Topliss-reactive ketones (excluding diaryl/α,β-unsaturated/α-hetero) is 1. The van der Waals surface area contributed by atoms with Crippen molar-refractivity contribution in [3.63, 3.8) is 0 Å². The van der Waals surface area contributed by atoms with Gasteiger partial charge in [-0.25, -0.2) is 0 Å². The van der Waals surface area contributed by atoms with E-state index in [-0.39, 0.29) is 35.2 Å². The fourth-order valence-electron chi connectivity index (χ4n) is 5.53. The molecule has 0 amide bonds. The number of phenols is 2. The summed E-state index contributed by atoms with van der Waals surface area (Å²) in [5.74, 6) is -0.151. The Hall–Kier alpha value is -2.37. The van der Waals surface area contributed by atoms with E-state index in [1.54, 1.807) is 25.3 Å². The van der Waals surface area contributed by atoms with Gasteiger partial charge in [-0.15, -0.1) is 0 Å². The molecule has 134 valence electrons. The molecule has 5 heteroatoms. The lowest BCUT2D eigenvalue weighted by Crippen LogP contribution is -2.40. The van der Waals surface area contributed by atoms with E-state index in [0.717, 1.165) is 5.56 Å². The van der Waals surface area contributed by atoms with Gasteiger partial charge in [-0.3, -0.25) is 4.79 Å². The van der Waals surface area contributed by atoms with Crippen LogP contribution in [0.4, 0.5) is 0 Å². The zero-order valence-corrected chi connectivity index (χ0v) is 14.4. The largest absolute Gasteiger partial charge is 0.508 e. The Kier molecular flexibility index (Phi) is 3.10. The molecule has 2 aromatic carbocycles. The van der Waals surface area contributed by atoms with Crippen LogP contribution in [0.2, 0.25) is 0 Å². The lowest BCUT2D eigenvalue weighted by Gasteiger charge is -2.42. The first-order valence-corrected chi connectivity index (χ1v) is 8.95. The van der Waals surface area contributed by atoms with Crippen LogP contribution in [-0.4, -0.2) is 28.2 Å². The van der Waals surface area contributed by atoms with Crippen molar-refractivity contribution < 1.29 is 24.9 Å². The Morgan fingerprint density at radius 3 is 2.62 bits per heavy atom. The first-order valence-electron chi connectivity index (χ1n) is 8.95. The third kappa shape index (κ3) is 1.70. The van der Waals surface area contributed by atoms with Gasteiger partial charge in [0.2, 0.25) is 0 Å². The molecule has 0 saturated carbocycles. The minimum atomic E-state index is -1.30. The van der Waals surface area contributed by atoms with Crippen molar-refractivity contribution in [1.29, 1.82) is 0 Å². The van der Waals surface area contributed by atoms with E-state index in [2.05, 4.69) is 0 Å². The van der Waals surface area contributed by atoms with Crippen molar-refractivity contribution in [3.05, 3.63) is 58.1 Å². The molecule has 3 aliphatic carbocycles. The average molecular weight is 352 g/mol. The van der Waals surface area contributed by atoms with Crippen molar-refractivity contribution in [3.8, 4) is 11.5 Å². The molecular weight excluding hydrogens is 332 g/mol. The summed E-state index contributed by atoms with van der Waals surface area (Å²) in [5, 5.41) is 32.6. The molecule has 2 aromatic rings. The highest BCUT2D eigenvalue weighted by atomic mass is 16.5. The van der Waals surface area contributed by atoms with Gasteiger partial charge in [-0.05, 0) is 47.6 Å². The monoisotopic (exact) mass is 352 g/mol. The Morgan fingerprint density at radius 2 is 1.85 bits per heavy atom. The molecule has 0 spiro atoms. The molecule has 5 rings (SSSR count). The summed E-state index contributed by atoms with van der Waals surface area (Å²) in [6, 6.07) is 8.37. The van der Waals surface area contributed by atoms with Gasteiger partial charge < -0.3 is 20.1 Å². The smallest absolute Gasteiger partial charge is 0.166 e. The van der Waals surface area contributed by atoms with E-state index < -0.39 is 5.60 Å². The number of fused-ring (bicyclic) bond motifs is 5. The molecule has 0 aliphatic heterocycles. The van der Waals surface area contributed by atoms with Gasteiger partial charge in [0.25, 0.3) is 0 Å². The highest BCUT2D eigenvalue weighted by Gasteiger charge is 2.58. The summed E-state index contributed by atoms with van der Waals surface area (Å²) in [5.41, 5.74) is 1.76. The number of carbonyl (C=O) groups excluding carboxylic acids is 1. The number of hydrogen-bond acceptors (Lipinski definition) is 5. The van der Waals surface area contributed by atoms with Gasteiger partial charge >= 0.3 is 0 Å². The summed E-state index contributed by atoms with van der Waals surface area (Å²) in [6.45, 7) is 0. The Balaban J connectivity index is 1.85. The molecule has 26 heavy (non-hydrogen) atoms. The number of rotatable bonds is 1. The second kappa shape index (κ2) is 5.09. The Bertz CT molecular complexity index is 950. The number of phenolic OH excluding ortho intramolecular Hbond substituents is 2. The van der Waals surface area contributed by atoms with Crippen molar-refractivity contribution in [2.24, 2.45) is 5.92 Å². The second-order valence-corrected chi connectivity index (χ2v) is 7.56. The summed E-state index contributed by atoms with van der Waals surface area (Å²) < 4.78 is 5.65. The van der Waals surface area contributed by atoms with Crippen LogP contribution in [0.25, 0.3) is 0 Å². The maximum atomic E-state index is 12.5. The molecule has 0 radical (unpaired) electrons. The topological polar surface area (TPSA) is 87.0 Å². The maximum absolute atomic E-state index is 12.5. The molecule has 3 N–H and O–H groups in total. The molecule has 0 heterocycles. The molecular formula is C21H20O5. The molecule has 0 unspecified atom stereocenters. The normalized spacial score (nSPS) is 31.3. The minimum Gasteiger partial charge on any atom is -0.508 e. The van der Waals surface area contributed by atoms with E-state index >= 15 is 0 Å². The third-order valence-electron chi connectivity index (χ3n) is 6.56. The van der Waals surface area contributed by atoms with E-state index in [4.69, 9.17) is 4.74 Å². The van der Waals surface area contributed by atoms with Crippen LogP contribution in [-0.2, 0) is 10.3 Å². The number of benzene rings is 2. The van der Waals surface area contributed by atoms with Crippen LogP contribution in [0.15, 0.2) is 30.3 Å². The predicted octanol–water partition coefficient (Wildman–Crippen LogP) is 3.11.